The van der Waals surface area contributed by atoms with E-state index < -0.39 is 0 Å². The highest BCUT2D eigenvalue weighted by Crippen LogP contribution is 2.28. The van der Waals surface area contributed by atoms with Gasteiger partial charge in [0.25, 0.3) is 5.91 Å². The number of rotatable bonds is 3. The van der Waals surface area contributed by atoms with E-state index in [0.29, 0.717) is 0 Å². The van der Waals surface area contributed by atoms with Crippen LogP contribution in [-0.4, -0.2) is 30.8 Å². The Balaban J connectivity index is 1.65. The topological polar surface area (TPSA) is 67.3 Å². The van der Waals surface area contributed by atoms with Gasteiger partial charge in [-0.3, -0.25) is 4.79 Å². The van der Waals surface area contributed by atoms with Gasteiger partial charge in [0.05, 0.1) is 12.8 Å². The van der Waals surface area contributed by atoms with Crippen LogP contribution < -0.4 is 15.5 Å². The van der Waals surface area contributed by atoms with Gasteiger partial charge in [0.1, 0.15) is 11.9 Å². The first-order valence-corrected chi connectivity index (χ1v) is 7.37. The van der Waals surface area contributed by atoms with Gasteiger partial charge in [-0.2, -0.15) is 5.10 Å². The summed E-state index contributed by atoms with van der Waals surface area (Å²) in [6, 6.07) is 7.89. The highest BCUT2D eigenvalue weighted by molar-refractivity contribution is 5.90. The zero-order valence-electron chi connectivity index (χ0n) is 12.1. The van der Waals surface area contributed by atoms with Crippen molar-refractivity contribution in [3.8, 4) is 5.75 Å². The second kappa shape index (κ2) is 6.10. The number of fused-ring (bicyclic) bond motifs is 1. The van der Waals surface area contributed by atoms with Gasteiger partial charge in [-0.1, -0.05) is 18.2 Å². The van der Waals surface area contributed by atoms with E-state index in [2.05, 4.69) is 15.8 Å². The van der Waals surface area contributed by atoms with Crippen LogP contribution in [0.15, 0.2) is 34.9 Å². The zero-order chi connectivity index (χ0) is 14.7. The minimum atomic E-state index is -0.0707. The Hall–Kier alpha value is -2.14. The standard InChI is InChI=1S/C16H19N3O2/c1-11-13(9-12-5-2-3-7-15(12)21-11)10-18-19-16(20)14-6-4-8-17-14/h2-3,5,7,9-11,14,17H,4,6,8H2,1H3,(H,19,20)/p+1/b18-10-/t11-,14-/m0/s1. The highest BCUT2D eigenvalue weighted by atomic mass is 16.5. The van der Waals surface area contributed by atoms with Crippen molar-refractivity contribution in [1.29, 1.82) is 0 Å². The first-order chi connectivity index (χ1) is 10.2. The molecule has 110 valence electrons. The van der Waals surface area contributed by atoms with Crippen LogP contribution in [0.25, 0.3) is 6.08 Å². The molecule has 0 aliphatic carbocycles. The molecule has 0 bridgehead atoms. The molecule has 0 spiro atoms. The summed E-state index contributed by atoms with van der Waals surface area (Å²) in [5.74, 6) is 0.862. The molecule has 0 saturated carbocycles. The number of hydrazone groups is 1. The summed E-state index contributed by atoms with van der Waals surface area (Å²) in [6.07, 6.45) is 5.67. The number of ether oxygens (including phenoxy) is 1. The molecule has 21 heavy (non-hydrogen) atoms. The summed E-state index contributed by atoms with van der Waals surface area (Å²) >= 11 is 0. The van der Waals surface area contributed by atoms with E-state index in [-0.39, 0.29) is 18.1 Å². The smallest absolute Gasteiger partial charge is 0.298 e. The fraction of sp³-hybridized carbons (Fsp3) is 0.375. The molecule has 0 radical (unpaired) electrons. The van der Waals surface area contributed by atoms with Gasteiger partial charge in [-0.05, 0) is 19.1 Å². The Bertz CT molecular complexity index is 589. The van der Waals surface area contributed by atoms with Gasteiger partial charge < -0.3 is 10.1 Å². The van der Waals surface area contributed by atoms with Crippen LogP contribution in [0.3, 0.4) is 0 Å². The lowest BCUT2D eigenvalue weighted by Gasteiger charge is -2.22. The molecule has 2 aliphatic heterocycles. The lowest BCUT2D eigenvalue weighted by molar-refractivity contribution is -0.657. The number of amides is 1. The maximum absolute atomic E-state index is 11.9. The first-order valence-electron chi connectivity index (χ1n) is 7.37. The number of para-hydroxylation sites is 1. The van der Waals surface area contributed by atoms with Crippen molar-refractivity contribution in [1.82, 2.24) is 5.43 Å². The van der Waals surface area contributed by atoms with Crippen LogP contribution in [0.1, 0.15) is 25.3 Å². The van der Waals surface area contributed by atoms with Crippen molar-refractivity contribution >= 4 is 18.2 Å². The van der Waals surface area contributed by atoms with E-state index in [9.17, 15) is 4.79 Å². The van der Waals surface area contributed by atoms with Crippen LogP contribution in [0.5, 0.6) is 5.75 Å². The molecular formula is C16H20N3O2+. The summed E-state index contributed by atoms with van der Waals surface area (Å²) in [7, 11) is 0. The molecule has 0 unspecified atom stereocenters. The SMILES string of the molecule is C[C@@H]1Oc2ccccc2C=C1/C=N\NC(=O)[C@@H]1CCC[NH2+]1. The molecule has 1 saturated heterocycles. The molecule has 1 amide bonds. The van der Waals surface area contributed by atoms with Crippen LogP contribution in [-0.2, 0) is 4.79 Å². The number of carbonyl (C=O) groups excluding carboxylic acids is 1. The van der Waals surface area contributed by atoms with Gasteiger partial charge in [0, 0.05) is 24.0 Å². The van der Waals surface area contributed by atoms with E-state index in [1.807, 2.05) is 37.3 Å². The van der Waals surface area contributed by atoms with Crippen molar-refractivity contribution in [3.05, 3.63) is 35.4 Å². The Labute approximate surface area is 124 Å². The fourth-order valence-electron chi connectivity index (χ4n) is 2.67. The summed E-state index contributed by atoms with van der Waals surface area (Å²) in [6.45, 7) is 3.00. The summed E-state index contributed by atoms with van der Waals surface area (Å²) in [5, 5.41) is 6.13. The average Bonchev–Trinajstić information content (AvgIpc) is 3.02. The van der Waals surface area contributed by atoms with Gasteiger partial charge in [-0.15, -0.1) is 0 Å². The number of nitrogens with one attached hydrogen (secondary N) is 1. The number of quaternary nitrogens is 1. The minimum absolute atomic E-state index is 0.0110. The molecule has 2 atom stereocenters. The molecule has 5 nitrogen and oxygen atoms in total. The maximum atomic E-state index is 11.9. The predicted octanol–water partition coefficient (Wildman–Crippen LogP) is 0.679. The third-order valence-corrected chi connectivity index (χ3v) is 3.91. The molecule has 2 heterocycles. The van der Waals surface area contributed by atoms with E-state index in [1.54, 1.807) is 6.21 Å². The third-order valence-electron chi connectivity index (χ3n) is 3.91. The maximum Gasteiger partial charge on any atom is 0.298 e. The number of hydrogen-bond acceptors (Lipinski definition) is 3. The van der Waals surface area contributed by atoms with Crippen molar-refractivity contribution in [3.63, 3.8) is 0 Å². The lowest BCUT2D eigenvalue weighted by atomic mass is 10.0. The lowest BCUT2D eigenvalue weighted by Crippen LogP contribution is -2.89. The minimum Gasteiger partial charge on any atom is -0.485 e. The third kappa shape index (κ3) is 3.13. The molecule has 1 aromatic carbocycles. The van der Waals surface area contributed by atoms with Crippen molar-refractivity contribution in [2.24, 2.45) is 5.10 Å². The van der Waals surface area contributed by atoms with E-state index in [0.717, 1.165) is 36.3 Å². The fourth-order valence-corrected chi connectivity index (χ4v) is 2.67. The highest BCUT2D eigenvalue weighted by Gasteiger charge is 2.25. The Morgan fingerprint density at radius 1 is 1.48 bits per heavy atom. The van der Waals surface area contributed by atoms with Crippen LogP contribution in [0.4, 0.5) is 0 Å². The Morgan fingerprint density at radius 3 is 3.14 bits per heavy atom. The Kier molecular flexibility index (Phi) is 4.01. The predicted molar refractivity (Wildman–Crippen MR) is 81.0 cm³/mol. The number of carbonyl (C=O) groups is 1. The van der Waals surface area contributed by atoms with Crippen molar-refractivity contribution in [2.45, 2.75) is 31.9 Å². The number of benzene rings is 1. The first kappa shape index (κ1) is 13.8. The van der Waals surface area contributed by atoms with E-state index in [4.69, 9.17) is 4.74 Å². The van der Waals surface area contributed by atoms with Gasteiger partial charge in [-0.25, -0.2) is 5.43 Å². The van der Waals surface area contributed by atoms with Gasteiger partial charge in [0.2, 0.25) is 0 Å². The summed E-state index contributed by atoms with van der Waals surface area (Å²) < 4.78 is 5.82. The second-order valence-corrected chi connectivity index (χ2v) is 5.45. The normalized spacial score (nSPS) is 24.3. The van der Waals surface area contributed by atoms with E-state index >= 15 is 0 Å². The largest absolute Gasteiger partial charge is 0.485 e. The molecular weight excluding hydrogens is 266 g/mol. The van der Waals surface area contributed by atoms with Crippen LogP contribution in [0.2, 0.25) is 0 Å². The van der Waals surface area contributed by atoms with Crippen molar-refractivity contribution in [2.75, 3.05) is 6.54 Å². The number of nitrogens with zero attached hydrogens (tertiary/aromatic N) is 1. The van der Waals surface area contributed by atoms with Gasteiger partial charge in [0.15, 0.2) is 6.04 Å². The molecule has 0 aromatic heterocycles. The van der Waals surface area contributed by atoms with E-state index in [1.165, 1.54) is 0 Å². The Morgan fingerprint density at radius 2 is 2.33 bits per heavy atom. The molecule has 2 aliphatic rings. The quantitative estimate of drug-likeness (QED) is 0.634. The van der Waals surface area contributed by atoms with Crippen molar-refractivity contribution < 1.29 is 14.8 Å². The van der Waals surface area contributed by atoms with Crippen LogP contribution in [0, 0.1) is 0 Å². The average molecular weight is 286 g/mol. The molecule has 1 aromatic rings. The summed E-state index contributed by atoms with van der Waals surface area (Å²) in [5.41, 5.74) is 4.60. The molecule has 5 heteroatoms. The summed E-state index contributed by atoms with van der Waals surface area (Å²) in [4.78, 5) is 11.9. The molecule has 3 N–H and O–H groups in total. The second-order valence-electron chi connectivity index (χ2n) is 5.45. The number of hydrogen-bond donors (Lipinski definition) is 2. The van der Waals surface area contributed by atoms with Crippen LogP contribution >= 0.6 is 0 Å². The molecule has 1 fully saturated rings. The van der Waals surface area contributed by atoms with Gasteiger partial charge >= 0.3 is 0 Å². The molecule has 3 rings (SSSR count). The number of nitrogens with two attached hydrogens (primary N) is 1. The zero-order valence-corrected chi connectivity index (χ0v) is 12.1. The monoisotopic (exact) mass is 286 g/mol.